The summed E-state index contributed by atoms with van der Waals surface area (Å²) in [6.45, 7) is 2.38. The Morgan fingerprint density at radius 3 is 2.00 bits per heavy atom. The monoisotopic (exact) mass is 138 g/mol. The van der Waals surface area contributed by atoms with Gasteiger partial charge in [-0.15, -0.1) is 0 Å². The molecule has 0 aromatic carbocycles. The Balaban J connectivity index is 1.84. The molecule has 0 spiro atoms. The van der Waals surface area contributed by atoms with Gasteiger partial charge in [-0.25, -0.2) is 0 Å². The van der Waals surface area contributed by atoms with Crippen LogP contribution in [0.3, 0.4) is 0 Å². The Labute approximate surface area is 64.0 Å². The molecule has 0 bridgehead atoms. The van der Waals surface area contributed by atoms with Gasteiger partial charge in [0.15, 0.2) is 0 Å². The van der Waals surface area contributed by atoms with Gasteiger partial charge < -0.3 is 0 Å². The van der Waals surface area contributed by atoms with Crippen LogP contribution in [0.15, 0.2) is 0 Å². The van der Waals surface area contributed by atoms with Crippen molar-refractivity contribution in [2.24, 2.45) is 17.8 Å². The number of hydrogen-bond acceptors (Lipinski definition) is 0. The highest BCUT2D eigenvalue weighted by Gasteiger charge is 2.37. The summed E-state index contributed by atoms with van der Waals surface area (Å²) in [5.41, 5.74) is 0. The zero-order chi connectivity index (χ0) is 6.97. The fourth-order valence-corrected chi connectivity index (χ4v) is 2.44. The average molecular weight is 138 g/mol. The second-order valence-electron chi connectivity index (χ2n) is 4.10. The third-order valence-corrected chi connectivity index (χ3v) is 3.45. The molecule has 0 amide bonds. The summed E-state index contributed by atoms with van der Waals surface area (Å²) in [5, 5.41) is 0. The van der Waals surface area contributed by atoms with Gasteiger partial charge in [-0.1, -0.05) is 32.6 Å². The summed E-state index contributed by atoms with van der Waals surface area (Å²) in [5.74, 6) is 3.45. The van der Waals surface area contributed by atoms with E-state index in [1.165, 1.54) is 12.8 Å². The van der Waals surface area contributed by atoms with Gasteiger partial charge in [0.2, 0.25) is 0 Å². The molecule has 0 aromatic rings. The summed E-state index contributed by atoms with van der Waals surface area (Å²) in [6.07, 6.45) is 9.18. The molecule has 0 heterocycles. The third kappa shape index (κ3) is 1.09. The minimum Gasteiger partial charge on any atom is -0.0651 e. The molecule has 0 N–H and O–H groups in total. The van der Waals surface area contributed by atoms with Crippen molar-refractivity contribution in [3.05, 3.63) is 0 Å². The maximum Gasteiger partial charge on any atom is -0.0360 e. The van der Waals surface area contributed by atoms with Crippen molar-refractivity contribution in [1.29, 1.82) is 0 Å². The third-order valence-electron chi connectivity index (χ3n) is 3.45. The highest BCUT2D eigenvalue weighted by molar-refractivity contribution is 4.87. The van der Waals surface area contributed by atoms with Crippen molar-refractivity contribution < 1.29 is 0 Å². The predicted octanol–water partition coefficient (Wildman–Crippen LogP) is 3.22. The van der Waals surface area contributed by atoms with E-state index in [2.05, 4.69) is 6.92 Å². The van der Waals surface area contributed by atoms with Crippen LogP contribution in [-0.2, 0) is 0 Å². The lowest BCUT2D eigenvalue weighted by Crippen LogP contribution is -2.22. The van der Waals surface area contributed by atoms with Gasteiger partial charge in [0.05, 0.1) is 0 Å². The molecular weight excluding hydrogens is 120 g/mol. The SMILES string of the molecule is CCC(C1CCC1)C1CC1. The Bertz CT molecular complexity index is 109. The van der Waals surface area contributed by atoms with Crippen LogP contribution >= 0.6 is 0 Å². The van der Waals surface area contributed by atoms with Crippen LogP contribution in [0.5, 0.6) is 0 Å². The van der Waals surface area contributed by atoms with E-state index in [1.54, 1.807) is 25.7 Å². The Kier molecular flexibility index (Phi) is 1.71. The minimum atomic E-state index is 1.13. The quantitative estimate of drug-likeness (QED) is 0.561. The lowest BCUT2D eigenvalue weighted by atomic mass is 9.73. The fraction of sp³-hybridized carbons (Fsp3) is 1.00. The summed E-state index contributed by atoms with van der Waals surface area (Å²) >= 11 is 0. The highest BCUT2D eigenvalue weighted by Crippen LogP contribution is 2.48. The van der Waals surface area contributed by atoms with E-state index in [9.17, 15) is 0 Å². The van der Waals surface area contributed by atoms with Crippen molar-refractivity contribution in [2.75, 3.05) is 0 Å². The van der Waals surface area contributed by atoms with E-state index in [0.29, 0.717) is 0 Å². The van der Waals surface area contributed by atoms with Crippen LogP contribution < -0.4 is 0 Å². The normalized spacial score (nSPS) is 29.7. The molecule has 0 heteroatoms. The minimum absolute atomic E-state index is 1.13. The zero-order valence-corrected chi connectivity index (χ0v) is 6.97. The molecule has 2 aliphatic rings. The Morgan fingerprint density at radius 2 is 1.70 bits per heavy atom. The maximum atomic E-state index is 2.38. The predicted molar refractivity (Wildman–Crippen MR) is 43.8 cm³/mol. The molecule has 2 rings (SSSR count). The van der Waals surface area contributed by atoms with Gasteiger partial charge in [-0.2, -0.15) is 0 Å². The van der Waals surface area contributed by atoms with Gasteiger partial charge in [-0.3, -0.25) is 0 Å². The highest BCUT2D eigenvalue weighted by atomic mass is 14.4. The topological polar surface area (TPSA) is 0 Å². The summed E-state index contributed by atoms with van der Waals surface area (Å²) in [6, 6.07) is 0. The van der Waals surface area contributed by atoms with Crippen molar-refractivity contribution in [1.82, 2.24) is 0 Å². The molecule has 2 saturated carbocycles. The Hall–Kier alpha value is 0. The second kappa shape index (κ2) is 2.56. The first-order chi connectivity index (χ1) is 4.92. The van der Waals surface area contributed by atoms with E-state index in [1.807, 2.05) is 0 Å². The van der Waals surface area contributed by atoms with Crippen LogP contribution in [0.25, 0.3) is 0 Å². The summed E-state index contributed by atoms with van der Waals surface area (Å²) < 4.78 is 0. The summed E-state index contributed by atoms with van der Waals surface area (Å²) in [7, 11) is 0. The van der Waals surface area contributed by atoms with Crippen molar-refractivity contribution in [3.8, 4) is 0 Å². The molecule has 0 saturated heterocycles. The molecule has 0 nitrogen and oxygen atoms in total. The molecule has 58 valence electrons. The van der Waals surface area contributed by atoms with Crippen LogP contribution in [0.2, 0.25) is 0 Å². The molecule has 10 heavy (non-hydrogen) atoms. The molecule has 1 atom stereocenters. The molecule has 0 radical (unpaired) electrons. The van der Waals surface area contributed by atoms with Crippen LogP contribution in [0, 0.1) is 17.8 Å². The molecule has 2 fully saturated rings. The maximum absolute atomic E-state index is 2.38. The molecular formula is C10H18. The molecule has 0 aromatic heterocycles. The lowest BCUT2D eigenvalue weighted by Gasteiger charge is -2.33. The van der Waals surface area contributed by atoms with Crippen LogP contribution in [0.1, 0.15) is 45.4 Å². The van der Waals surface area contributed by atoms with Crippen molar-refractivity contribution in [2.45, 2.75) is 45.4 Å². The van der Waals surface area contributed by atoms with E-state index >= 15 is 0 Å². The lowest BCUT2D eigenvalue weighted by molar-refractivity contribution is 0.179. The van der Waals surface area contributed by atoms with Gasteiger partial charge >= 0.3 is 0 Å². The first-order valence-corrected chi connectivity index (χ1v) is 4.92. The smallest absolute Gasteiger partial charge is 0.0360 e. The molecule has 0 aliphatic heterocycles. The average Bonchev–Trinajstić information content (AvgIpc) is 2.58. The summed E-state index contributed by atoms with van der Waals surface area (Å²) in [4.78, 5) is 0. The molecule has 1 unspecified atom stereocenters. The van der Waals surface area contributed by atoms with E-state index in [4.69, 9.17) is 0 Å². The number of hydrogen-bond donors (Lipinski definition) is 0. The second-order valence-corrected chi connectivity index (χ2v) is 4.10. The zero-order valence-electron chi connectivity index (χ0n) is 6.97. The van der Waals surface area contributed by atoms with E-state index in [-0.39, 0.29) is 0 Å². The van der Waals surface area contributed by atoms with Crippen molar-refractivity contribution in [3.63, 3.8) is 0 Å². The van der Waals surface area contributed by atoms with E-state index in [0.717, 1.165) is 17.8 Å². The van der Waals surface area contributed by atoms with Gasteiger partial charge in [0.1, 0.15) is 0 Å². The van der Waals surface area contributed by atoms with E-state index < -0.39 is 0 Å². The first-order valence-electron chi connectivity index (χ1n) is 4.92. The van der Waals surface area contributed by atoms with Gasteiger partial charge in [-0.05, 0) is 30.6 Å². The van der Waals surface area contributed by atoms with Gasteiger partial charge in [0, 0.05) is 0 Å². The van der Waals surface area contributed by atoms with Crippen molar-refractivity contribution >= 4 is 0 Å². The van der Waals surface area contributed by atoms with Gasteiger partial charge in [0.25, 0.3) is 0 Å². The van der Waals surface area contributed by atoms with Crippen LogP contribution in [-0.4, -0.2) is 0 Å². The Morgan fingerprint density at radius 1 is 1.10 bits per heavy atom. The largest absolute Gasteiger partial charge is 0.0651 e. The fourth-order valence-electron chi connectivity index (χ4n) is 2.44. The standard InChI is InChI=1S/C10H18/c1-2-10(9-6-7-9)8-4-3-5-8/h8-10H,2-7H2,1H3. The number of rotatable bonds is 3. The molecule has 2 aliphatic carbocycles. The first kappa shape index (κ1) is 6.69. The van der Waals surface area contributed by atoms with Crippen LogP contribution in [0.4, 0.5) is 0 Å².